The Kier molecular flexibility index (Phi) is 2.68. The number of rotatable bonds is 3. The van der Waals surface area contributed by atoms with Crippen molar-refractivity contribution >= 4 is 5.97 Å². The Morgan fingerprint density at radius 1 is 1.50 bits per heavy atom. The molecule has 0 radical (unpaired) electrons. The molecule has 0 bridgehead atoms. The third-order valence-corrected chi connectivity index (χ3v) is 3.13. The molecule has 0 fully saturated rings. The van der Waals surface area contributed by atoms with E-state index in [1.54, 1.807) is 6.07 Å². The molecule has 0 spiro atoms. The topological polar surface area (TPSA) is 57.5 Å². The SMILES string of the molecule is O=C(O)CCC1(O)CCc2cc(F)ccc21. The lowest BCUT2D eigenvalue weighted by Gasteiger charge is -2.23. The van der Waals surface area contributed by atoms with Gasteiger partial charge in [0.15, 0.2) is 0 Å². The number of fused-ring (bicyclic) bond motifs is 1. The number of carboxylic acids is 1. The molecule has 3 nitrogen and oxygen atoms in total. The predicted molar refractivity (Wildman–Crippen MR) is 55.5 cm³/mol. The zero-order valence-corrected chi connectivity index (χ0v) is 8.74. The summed E-state index contributed by atoms with van der Waals surface area (Å²) < 4.78 is 13.0. The van der Waals surface area contributed by atoms with Gasteiger partial charge in [-0.1, -0.05) is 6.07 Å². The molecule has 4 heteroatoms. The summed E-state index contributed by atoms with van der Waals surface area (Å²) in [5, 5.41) is 18.9. The quantitative estimate of drug-likeness (QED) is 0.823. The Morgan fingerprint density at radius 2 is 2.25 bits per heavy atom. The second-order valence-corrected chi connectivity index (χ2v) is 4.23. The summed E-state index contributed by atoms with van der Waals surface area (Å²) in [7, 11) is 0. The fourth-order valence-corrected chi connectivity index (χ4v) is 2.27. The van der Waals surface area contributed by atoms with Crippen molar-refractivity contribution in [1.82, 2.24) is 0 Å². The van der Waals surface area contributed by atoms with Crippen LogP contribution < -0.4 is 0 Å². The summed E-state index contributed by atoms with van der Waals surface area (Å²) >= 11 is 0. The van der Waals surface area contributed by atoms with Crippen LogP contribution in [0.3, 0.4) is 0 Å². The van der Waals surface area contributed by atoms with Crippen LogP contribution in [0.4, 0.5) is 4.39 Å². The first-order chi connectivity index (χ1) is 7.51. The first-order valence-electron chi connectivity index (χ1n) is 5.24. The molecule has 2 N–H and O–H groups in total. The summed E-state index contributed by atoms with van der Waals surface area (Å²) in [6.07, 6.45) is 1.18. The Hall–Kier alpha value is -1.42. The normalized spacial score (nSPS) is 23.1. The summed E-state index contributed by atoms with van der Waals surface area (Å²) in [5.41, 5.74) is 0.365. The van der Waals surface area contributed by atoms with E-state index in [2.05, 4.69) is 0 Å². The fraction of sp³-hybridized carbons (Fsp3) is 0.417. The van der Waals surface area contributed by atoms with E-state index in [0.717, 1.165) is 5.56 Å². The largest absolute Gasteiger partial charge is 0.481 e. The lowest BCUT2D eigenvalue weighted by molar-refractivity contribution is -0.138. The molecular weight excluding hydrogens is 211 g/mol. The van der Waals surface area contributed by atoms with E-state index >= 15 is 0 Å². The first kappa shape index (κ1) is 11.1. The Morgan fingerprint density at radius 3 is 2.94 bits per heavy atom. The van der Waals surface area contributed by atoms with Gasteiger partial charge < -0.3 is 10.2 Å². The second kappa shape index (κ2) is 3.87. The molecule has 0 aromatic heterocycles. The molecule has 2 rings (SSSR count). The maximum atomic E-state index is 13.0. The molecule has 1 aromatic rings. The standard InChI is InChI=1S/C12H13FO3/c13-9-1-2-10-8(7-9)3-5-12(10,16)6-4-11(14)15/h1-2,7,16H,3-6H2,(H,14,15). The summed E-state index contributed by atoms with van der Waals surface area (Å²) in [4.78, 5) is 10.5. The van der Waals surface area contributed by atoms with E-state index in [4.69, 9.17) is 5.11 Å². The molecule has 0 saturated heterocycles. The van der Waals surface area contributed by atoms with E-state index in [1.165, 1.54) is 12.1 Å². The van der Waals surface area contributed by atoms with Crippen molar-refractivity contribution in [1.29, 1.82) is 0 Å². The third-order valence-electron chi connectivity index (χ3n) is 3.13. The van der Waals surface area contributed by atoms with Crippen molar-refractivity contribution in [3.63, 3.8) is 0 Å². The minimum absolute atomic E-state index is 0.0761. The zero-order chi connectivity index (χ0) is 11.8. The number of carbonyl (C=O) groups is 1. The number of carboxylic acid groups (broad SMARTS) is 1. The van der Waals surface area contributed by atoms with Gasteiger partial charge in [0.2, 0.25) is 0 Å². The number of halogens is 1. The van der Waals surface area contributed by atoms with Crippen LogP contribution in [0, 0.1) is 5.82 Å². The molecule has 0 amide bonds. The van der Waals surface area contributed by atoms with Crippen LogP contribution in [-0.4, -0.2) is 16.2 Å². The Bertz CT molecular complexity index is 430. The number of aryl methyl sites for hydroxylation is 1. The van der Waals surface area contributed by atoms with Gasteiger partial charge in [0.1, 0.15) is 5.82 Å². The van der Waals surface area contributed by atoms with Crippen LogP contribution in [0.2, 0.25) is 0 Å². The Balaban J connectivity index is 2.24. The number of aliphatic carboxylic acids is 1. The lowest BCUT2D eigenvalue weighted by Crippen LogP contribution is -2.23. The predicted octanol–water partition coefficient (Wildman–Crippen LogP) is 1.82. The van der Waals surface area contributed by atoms with Crippen molar-refractivity contribution < 1.29 is 19.4 Å². The molecule has 0 saturated carbocycles. The minimum atomic E-state index is -1.10. The minimum Gasteiger partial charge on any atom is -0.481 e. The molecule has 1 aromatic carbocycles. The van der Waals surface area contributed by atoms with Gasteiger partial charge in [0, 0.05) is 6.42 Å². The molecule has 1 aliphatic carbocycles. The van der Waals surface area contributed by atoms with Crippen LogP contribution in [0.15, 0.2) is 18.2 Å². The van der Waals surface area contributed by atoms with Crippen LogP contribution in [0.25, 0.3) is 0 Å². The van der Waals surface area contributed by atoms with E-state index in [9.17, 15) is 14.3 Å². The van der Waals surface area contributed by atoms with Crippen molar-refractivity contribution in [3.8, 4) is 0 Å². The highest BCUT2D eigenvalue weighted by molar-refractivity contribution is 5.66. The van der Waals surface area contributed by atoms with Gasteiger partial charge in [-0.2, -0.15) is 0 Å². The van der Waals surface area contributed by atoms with Crippen LogP contribution >= 0.6 is 0 Å². The van der Waals surface area contributed by atoms with Crippen LogP contribution in [0.5, 0.6) is 0 Å². The van der Waals surface area contributed by atoms with Gasteiger partial charge in [-0.15, -0.1) is 0 Å². The van der Waals surface area contributed by atoms with Gasteiger partial charge in [-0.05, 0) is 42.5 Å². The maximum Gasteiger partial charge on any atom is 0.303 e. The third kappa shape index (κ3) is 1.93. The first-order valence-corrected chi connectivity index (χ1v) is 5.24. The highest BCUT2D eigenvalue weighted by Crippen LogP contribution is 2.40. The molecule has 0 aliphatic heterocycles. The highest BCUT2D eigenvalue weighted by Gasteiger charge is 2.36. The Labute approximate surface area is 92.5 Å². The average molecular weight is 224 g/mol. The summed E-state index contributed by atoms with van der Waals surface area (Å²) in [6.45, 7) is 0. The fourth-order valence-electron chi connectivity index (χ4n) is 2.27. The van der Waals surface area contributed by atoms with Crippen LogP contribution in [-0.2, 0) is 16.8 Å². The maximum absolute atomic E-state index is 13.0. The van der Waals surface area contributed by atoms with Gasteiger partial charge in [-0.3, -0.25) is 4.79 Å². The van der Waals surface area contributed by atoms with Gasteiger partial charge in [0.25, 0.3) is 0 Å². The van der Waals surface area contributed by atoms with Gasteiger partial charge in [0.05, 0.1) is 5.60 Å². The molecule has 86 valence electrons. The van der Waals surface area contributed by atoms with Crippen molar-refractivity contribution in [2.75, 3.05) is 0 Å². The van der Waals surface area contributed by atoms with Gasteiger partial charge in [-0.25, -0.2) is 4.39 Å². The summed E-state index contributed by atoms with van der Waals surface area (Å²) in [5.74, 6) is -1.25. The van der Waals surface area contributed by atoms with E-state index < -0.39 is 11.6 Å². The monoisotopic (exact) mass is 224 g/mol. The molecule has 1 atom stereocenters. The smallest absolute Gasteiger partial charge is 0.303 e. The molecule has 0 heterocycles. The van der Waals surface area contributed by atoms with E-state index in [0.29, 0.717) is 18.4 Å². The number of aliphatic hydroxyl groups is 1. The molecule has 1 aliphatic rings. The molecule has 1 unspecified atom stereocenters. The molecular formula is C12H13FO3. The highest BCUT2D eigenvalue weighted by atomic mass is 19.1. The summed E-state index contributed by atoms with van der Waals surface area (Å²) in [6, 6.07) is 4.27. The van der Waals surface area contributed by atoms with Crippen molar-refractivity contribution in [2.24, 2.45) is 0 Å². The number of hydrogen-bond donors (Lipinski definition) is 2. The van der Waals surface area contributed by atoms with E-state index in [-0.39, 0.29) is 18.7 Å². The van der Waals surface area contributed by atoms with Crippen LogP contribution in [0.1, 0.15) is 30.4 Å². The van der Waals surface area contributed by atoms with Crippen molar-refractivity contribution in [3.05, 3.63) is 35.1 Å². The second-order valence-electron chi connectivity index (χ2n) is 4.23. The van der Waals surface area contributed by atoms with Crippen molar-refractivity contribution in [2.45, 2.75) is 31.3 Å². The number of benzene rings is 1. The molecule has 16 heavy (non-hydrogen) atoms. The lowest BCUT2D eigenvalue weighted by atomic mass is 9.91. The average Bonchev–Trinajstić information content (AvgIpc) is 2.54. The zero-order valence-electron chi connectivity index (χ0n) is 8.74. The number of hydrogen-bond acceptors (Lipinski definition) is 2. The van der Waals surface area contributed by atoms with Gasteiger partial charge >= 0.3 is 5.97 Å². The van der Waals surface area contributed by atoms with E-state index in [1.807, 2.05) is 0 Å².